The van der Waals surface area contributed by atoms with Gasteiger partial charge in [0.2, 0.25) is 5.43 Å². The largest absolute Gasteiger partial charge is 0.462 e. The standard InChI is InChI=1S/C27H30FN5O5/c1-6-37-25(35)20-21(34)16-15-17(28)23(31-11-13-32(14-12-31)26(36)38-27(2,3)4)29-22(16)33-19-10-8-7-9-18(19)30(5)24(20)33/h7-10,15H,6,11-14H2,1-5H3. The average Bonchev–Trinajstić information content (AvgIpc) is 3.16. The highest BCUT2D eigenvalue weighted by Crippen LogP contribution is 2.29. The van der Waals surface area contributed by atoms with Crippen LogP contribution in [0.5, 0.6) is 0 Å². The van der Waals surface area contributed by atoms with Gasteiger partial charge < -0.3 is 23.8 Å². The first-order chi connectivity index (χ1) is 18.0. The van der Waals surface area contributed by atoms with Crippen LogP contribution in [0.15, 0.2) is 35.1 Å². The number of hydrogen-bond donors (Lipinski definition) is 0. The summed E-state index contributed by atoms with van der Waals surface area (Å²) in [4.78, 5) is 46.9. The van der Waals surface area contributed by atoms with Crippen LogP contribution < -0.4 is 10.3 Å². The zero-order valence-corrected chi connectivity index (χ0v) is 22.1. The van der Waals surface area contributed by atoms with Crippen LogP contribution in [-0.2, 0) is 16.5 Å². The predicted molar refractivity (Wildman–Crippen MR) is 141 cm³/mol. The predicted octanol–water partition coefficient (Wildman–Crippen LogP) is 3.71. The lowest BCUT2D eigenvalue weighted by atomic mass is 10.1. The number of hydrogen-bond acceptors (Lipinski definition) is 7. The lowest BCUT2D eigenvalue weighted by Gasteiger charge is -2.36. The fourth-order valence-electron chi connectivity index (χ4n) is 4.89. The number of para-hydroxylation sites is 2. The molecule has 0 N–H and O–H groups in total. The number of ether oxygens (including phenoxy) is 2. The van der Waals surface area contributed by atoms with Crippen LogP contribution in [-0.4, -0.2) is 69.3 Å². The van der Waals surface area contributed by atoms with Gasteiger partial charge in [-0.15, -0.1) is 0 Å². The summed E-state index contributed by atoms with van der Waals surface area (Å²) < 4.78 is 29.6. The molecule has 4 aromatic rings. The van der Waals surface area contributed by atoms with Gasteiger partial charge in [0.05, 0.1) is 23.0 Å². The first kappa shape index (κ1) is 25.5. The van der Waals surface area contributed by atoms with Crippen molar-refractivity contribution < 1.29 is 23.5 Å². The molecule has 1 fully saturated rings. The smallest absolute Gasteiger partial charge is 0.410 e. The fourth-order valence-corrected chi connectivity index (χ4v) is 4.89. The maximum atomic E-state index is 15.5. The van der Waals surface area contributed by atoms with Crippen LogP contribution in [0.3, 0.4) is 0 Å². The van der Waals surface area contributed by atoms with E-state index in [2.05, 4.69) is 4.98 Å². The Bertz CT molecular complexity index is 1640. The van der Waals surface area contributed by atoms with Gasteiger partial charge in [-0.1, -0.05) is 12.1 Å². The first-order valence-electron chi connectivity index (χ1n) is 12.5. The zero-order chi connectivity index (χ0) is 27.4. The summed E-state index contributed by atoms with van der Waals surface area (Å²) in [5.74, 6) is -1.38. The highest BCUT2D eigenvalue weighted by Gasteiger charge is 2.30. The van der Waals surface area contributed by atoms with Crippen molar-refractivity contribution in [2.45, 2.75) is 33.3 Å². The first-order valence-corrected chi connectivity index (χ1v) is 12.5. The van der Waals surface area contributed by atoms with E-state index in [9.17, 15) is 14.4 Å². The molecule has 0 bridgehead atoms. The van der Waals surface area contributed by atoms with E-state index >= 15 is 4.39 Å². The number of benzene rings is 1. The Morgan fingerprint density at radius 2 is 1.74 bits per heavy atom. The van der Waals surface area contributed by atoms with Crippen molar-refractivity contribution in [1.82, 2.24) is 18.9 Å². The van der Waals surface area contributed by atoms with E-state index < -0.39 is 28.9 Å². The Morgan fingerprint density at radius 1 is 1.08 bits per heavy atom. The number of halogens is 1. The SMILES string of the molecule is CCOC(=O)c1c(=O)c2cc(F)c(N3CCN(C(=O)OC(C)(C)C)CC3)nc2n2c3ccccc3n(C)c12. The molecular weight excluding hydrogens is 493 g/mol. The Labute approximate surface area is 218 Å². The van der Waals surface area contributed by atoms with Gasteiger partial charge in [0.25, 0.3) is 0 Å². The van der Waals surface area contributed by atoms with Gasteiger partial charge in [0, 0.05) is 33.2 Å². The molecule has 0 spiro atoms. The van der Waals surface area contributed by atoms with E-state index in [1.807, 2.05) is 24.3 Å². The van der Waals surface area contributed by atoms with Crippen molar-refractivity contribution >= 4 is 45.6 Å². The number of nitrogens with zero attached hydrogens (tertiary/aromatic N) is 5. The highest BCUT2D eigenvalue weighted by atomic mass is 19.1. The van der Waals surface area contributed by atoms with E-state index in [0.29, 0.717) is 37.3 Å². The average molecular weight is 524 g/mol. The van der Waals surface area contributed by atoms with E-state index in [1.165, 1.54) is 0 Å². The number of aromatic nitrogens is 3. The summed E-state index contributed by atoms with van der Waals surface area (Å²) in [5.41, 5.74) is 0.612. The molecule has 5 rings (SSSR count). The maximum absolute atomic E-state index is 15.5. The molecule has 11 heteroatoms. The Balaban J connectivity index is 1.65. The lowest BCUT2D eigenvalue weighted by molar-refractivity contribution is 0.0240. The third kappa shape index (κ3) is 4.21. The molecule has 38 heavy (non-hydrogen) atoms. The van der Waals surface area contributed by atoms with E-state index in [1.54, 1.807) is 53.5 Å². The van der Waals surface area contributed by atoms with Crippen LogP contribution in [0.1, 0.15) is 38.1 Å². The summed E-state index contributed by atoms with van der Waals surface area (Å²) in [7, 11) is 1.76. The van der Waals surface area contributed by atoms with E-state index in [4.69, 9.17) is 9.47 Å². The Morgan fingerprint density at radius 3 is 2.37 bits per heavy atom. The number of carbonyl (C=O) groups excluding carboxylic acids is 2. The molecule has 1 aliphatic rings. The maximum Gasteiger partial charge on any atom is 0.410 e. The number of amides is 1. The second kappa shape index (κ2) is 9.30. The van der Waals surface area contributed by atoms with Crippen molar-refractivity contribution in [3.05, 3.63) is 51.9 Å². The minimum absolute atomic E-state index is 0.0180. The molecule has 200 valence electrons. The number of fused-ring (bicyclic) bond motifs is 5. The number of esters is 1. The third-order valence-corrected chi connectivity index (χ3v) is 6.57. The number of imidazole rings is 1. The number of carbonyl (C=O) groups is 2. The summed E-state index contributed by atoms with van der Waals surface area (Å²) in [6.45, 7) is 8.50. The van der Waals surface area contributed by atoms with Crippen LogP contribution >= 0.6 is 0 Å². The topological polar surface area (TPSA) is 98.4 Å². The zero-order valence-electron chi connectivity index (χ0n) is 22.1. The number of aryl methyl sites for hydroxylation is 1. The molecule has 0 atom stereocenters. The number of piperazine rings is 1. The van der Waals surface area contributed by atoms with Crippen molar-refractivity contribution in [3.63, 3.8) is 0 Å². The Hall–Kier alpha value is -4.15. The summed E-state index contributed by atoms with van der Waals surface area (Å²) in [6, 6.07) is 8.56. The molecule has 0 radical (unpaired) electrons. The van der Waals surface area contributed by atoms with Crippen LogP contribution in [0, 0.1) is 5.82 Å². The molecule has 1 aromatic carbocycles. The summed E-state index contributed by atoms with van der Waals surface area (Å²) in [6.07, 6.45) is -0.417. The molecule has 1 saturated heterocycles. The van der Waals surface area contributed by atoms with Gasteiger partial charge >= 0.3 is 12.1 Å². The molecule has 1 aliphatic heterocycles. The molecule has 3 aromatic heterocycles. The second-order valence-electron chi connectivity index (χ2n) is 10.3. The van der Waals surface area contributed by atoms with Gasteiger partial charge in [0.15, 0.2) is 17.3 Å². The van der Waals surface area contributed by atoms with Crippen molar-refractivity contribution in [2.75, 3.05) is 37.7 Å². The van der Waals surface area contributed by atoms with Crippen molar-refractivity contribution in [2.24, 2.45) is 7.05 Å². The summed E-state index contributed by atoms with van der Waals surface area (Å²) in [5, 5.41) is -0.0180. The van der Waals surface area contributed by atoms with Gasteiger partial charge in [0.1, 0.15) is 16.8 Å². The minimum atomic E-state index is -0.773. The fraction of sp³-hybridized carbons (Fsp3) is 0.407. The highest BCUT2D eigenvalue weighted by molar-refractivity contribution is 6.03. The molecule has 0 aliphatic carbocycles. The molecule has 10 nitrogen and oxygen atoms in total. The second-order valence-corrected chi connectivity index (χ2v) is 10.3. The number of pyridine rings is 2. The van der Waals surface area contributed by atoms with Crippen LogP contribution in [0.2, 0.25) is 0 Å². The minimum Gasteiger partial charge on any atom is -0.462 e. The Kier molecular flexibility index (Phi) is 6.24. The van der Waals surface area contributed by atoms with E-state index in [0.717, 1.165) is 11.6 Å². The summed E-state index contributed by atoms with van der Waals surface area (Å²) >= 11 is 0. The van der Waals surface area contributed by atoms with E-state index in [-0.39, 0.29) is 29.0 Å². The van der Waals surface area contributed by atoms with Gasteiger partial charge in [-0.05, 0) is 45.9 Å². The monoisotopic (exact) mass is 523 g/mol. The number of rotatable bonds is 3. The quantitative estimate of drug-likeness (QED) is 0.378. The van der Waals surface area contributed by atoms with Crippen LogP contribution in [0.4, 0.5) is 15.0 Å². The van der Waals surface area contributed by atoms with Gasteiger partial charge in [-0.25, -0.2) is 19.0 Å². The van der Waals surface area contributed by atoms with Crippen LogP contribution in [0.25, 0.3) is 27.7 Å². The molecule has 4 heterocycles. The lowest BCUT2D eigenvalue weighted by Crippen LogP contribution is -2.50. The van der Waals surface area contributed by atoms with Gasteiger partial charge in [-0.2, -0.15) is 0 Å². The third-order valence-electron chi connectivity index (χ3n) is 6.57. The molecule has 1 amide bonds. The normalized spacial score (nSPS) is 14.5. The molecule has 0 unspecified atom stereocenters. The van der Waals surface area contributed by atoms with Crippen molar-refractivity contribution in [1.29, 1.82) is 0 Å². The number of anilines is 1. The molecular formula is C27H30FN5O5. The molecule has 0 saturated carbocycles. The van der Waals surface area contributed by atoms with Crippen molar-refractivity contribution in [3.8, 4) is 0 Å². The van der Waals surface area contributed by atoms with Gasteiger partial charge in [-0.3, -0.25) is 9.20 Å².